The largest absolute Gasteiger partial charge is 0.354 e. The molecule has 0 saturated carbocycles. The second-order valence-corrected chi connectivity index (χ2v) is 12.0. The van der Waals surface area contributed by atoms with Crippen LogP contribution in [0.15, 0.2) is 65.6 Å². The third kappa shape index (κ3) is 7.26. The fraction of sp³-hybridized carbons (Fsp3) is 0.357. The molecule has 1 unspecified atom stereocenters. The molecule has 0 radical (unpaired) electrons. The zero-order chi connectivity index (χ0) is 27.9. The highest BCUT2D eigenvalue weighted by molar-refractivity contribution is 7.89. The first-order chi connectivity index (χ1) is 18.1. The van der Waals surface area contributed by atoms with Crippen molar-refractivity contribution in [2.45, 2.75) is 50.6 Å². The predicted octanol–water partition coefficient (Wildman–Crippen LogP) is 5.49. The Morgan fingerprint density at radius 3 is 2.32 bits per heavy atom. The van der Waals surface area contributed by atoms with Crippen molar-refractivity contribution in [3.8, 4) is 0 Å². The van der Waals surface area contributed by atoms with Crippen molar-refractivity contribution in [1.29, 1.82) is 0 Å². The number of benzene rings is 3. The van der Waals surface area contributed by atoms with E-state index >= 15 is 0 Å². The van der Waals surface area contributed by atoms with Gasteiger partial charge in [-0.3, -0.25) is 9.59 Å². The highest BCUT2D eigenvalue weighted by Gasteiger charge is 2.32. The highest BCUT2D eigenvalue weighted by atomic mass is 35.5. The van der Waals surface area contributed by atoms with Gasteiger partial charge in [0, 0.05) is 20.1 Å². The lowest BCUT2D eigenvalue weighted by Crippen LogP contribution is -2.51. The number of halogens is 2. The minimum atomic E-state index is -3.97. The molecule has 0 aliphatic heterocycles. The lowest BCUT2D eigenvalue weighted by Gasteiger charge is -2.32. The Morgan fingerprint density at radius 1 is 0.947 bits per heavy atom. The molecule has 2 amide bonds. The zero-order valence-corrected chi connectivity index (χ0v) is 24.1. The van der Waals surface area contributed by atoms with Gasteiger partial charge in [0.25, 0.3) is 0 Å². The summed E-state index contributed by atoms with van der Waals surface area (Å²) in [4.78, 5) is 28.2. The molecule has 38 heavy (non-hydrogen) atoms. The van der Waals surface area contributed by atoms with E-state index in [0.717, 1.165) is 27.9 Å². The van der Waals surface area contributed by atoms with E-state index in [4.69, 9.17) is 23.2 Å². The van der Waals surface area contributed by atoms with Gasteiger partial charge in [-0.05, 0) is 53.4 Å². The van der Waals surface area contributed by atoms with Gasteiger partial charge in [-0.25, -0.2) is 8.42 Å². The summed E-state index contributed by atoms with van der Waals surface area (Å²) in [5.74, 6) is -0.783. The number of nitrogens with one attached hydrogen (secondary N) is 1. The molecule has 3 aromatic carbocycles. The molecule has 7 nitrogen and oxygen atoms in total. The normalized spacial score (nSPS) is 12.5. The maximum Gasteiger partial charge on any atom is 0.243 e. The lowest BCUT2D eigenvalue weighted by molar-refractivity contribution is -0.141. The summed E-state index contributed by atoms with van der Waals surface area (Å²) in [6.45, 7) is 3.97. The zero-order valence-electron chi connectivity index (χ0n) is 21.8. The molecule has 10 heteroatoms. The smallest absolute Gasteiger partial charge is 0.243 e. The summed E-state index contributed by atoms with van der Waals surface area (Å²) < 4.78 is 27.7. The Kier molecular flexibility index (Phi) is 10.6. The van der Waals surface area contributed by atoms with E-state index in [-0.39, 0.29) is 17.3 Å². The number of hydrogen-bond acceptors (Lipinski definition) is 4. The summed E-state index contributed by atoms with van der Waals surface area (Å²) in [5.41, 5.74) is 0.674. The number of amides is 2. The van der Waals surface area contributed by atoms with Crippen LogP contribution >= 0.6 is 23.2 Å². The van der Waals surface area contributed by atoms with Gasteiger partial charge in [-0.1, -0.05) is 79.9 Å². The topological polar surface area (TPSA) is 86.8 Å². The third-order valence-electron chi connectivity index (χ3n) is 6.34. The first kappa shape index (κ1) is 29.9. The maximum atomic E-state index is 13.6. The summed E-state index contributed by atoms with van der Waals surface area (Å²) >= 11 is 12.2. The van der Waals surface area contributed by atoms with Crippen LogP contribution in [0, 0.1) is 0 Å². The van der Waals surface area contributed by atoms with E-state index in [1.165, 1.54) is 18.0 Å². The molecule has 0 bridgehead atoms. The van der Waals surface area contributed by atoms with Crippen LogP contribution in [0.3, 0.4) is 0 Å². The number of carbonyl (C=O) groups is 2. The van der Waals surface area contributed by atoms with Crippen molar-refractivity contribution in [1.82, 2.24) is 14.5 Å². The molecule has 0 spiro atoms. The Hall–Kier alpha value is -2.65. The van der Waals surface area contributed by atoms with Gasteiger partial charge in [-0.2, -0.15) is 4.31 Å². The van der Waals surface area contributed by atoms with E-state index in [2.05, 4.69) is 5.32 Å². The van der Waals surface area contributed by atoms with Gasteiger partial charge < -0.3 is 10.2 Å². The van der Waals surface area contributed by atoms with Crippen molar-refractivity contribution in [3.05, 3.63) is 76.3 Å². The van der Waals surface area contributed by atoms with E-state index in [0.29, 0.717) is 28.6 Å². The van der Waals surface area contributed by atoms with Crippen molar-refractivity contribution < 1.29 is 18.0 Å². The van der Waals surface area contributed by atoms with Crippen molar-refractivity contribution in [2.24, 2.45) is 0 Å². The van der Waals surface area contributed by atoms with Crippen LogP contribution < -0.4 is 5.32 Å². The number of carbonyl (C=O) groups excluding carboxylic acids is 2. The molecule has 0 saturated heterocycles. The molecule has 3 aromatic rings. The average molecular weight is 579 g/mol. The number of fused-ring (bicyclic) bond motifs is 1. The fourth-order valence-corrected chi connectivity index (χ4v) is 5.61. The van der Waals surface area contributed by atoms with Crippen LogP contribution in [-0.2, 0) is 26.2 Å². The molecule has 0 heterocycles. The van der Waals surface area contributed by atoms with E-state index in [9.17, 15) is 18.0 Å². The molecule has 0 aliphatic rings. The predicted molar refractivity (Wildman–Crippen MR) is 153 cm³/mol. The van der Waals surface area contributed by atoms with Crippen molar-refractivity contribution in [2.75, 3.05) is 20.1 Å². The molecule has 0 fully saturated rings. The van der Waals surface area contributed by atoms with Gasteiger partial charge >= 0.3 is 0 Å². The van der Waals surface area contributed by atoms with E-state index < -0.39 is 28.5 Å². The number of unbranched alkanes of at least 4 members (excludes halogenated alkanes) is 1. The molecule has 1 N–H and O–H groups in total. The van der Waals surface area contributed by atoms with Crippen LogP contribution in [0.1, 0.15) is 38.7 Å². The number of likely N-dealkylation sites (N-methyl/N-ethyl adjacent to an activating group) is 1. The van der Waals surface area contributed by atoms with Gasteiger partial charge in [0.2, 0.25) is 21.8 Å². The average Bonchev–Trinajstić information content (AvgIpc) is 2.90. The molecule has 3 rings (SSSR count). The van der Waals surface area contributed by atoms with Crippen LogP contribution in [0.5, 0.6) is 0 Å². The highest BCUT2D eigenvalue weighted by Crippen LogP contribution is 2.25. The molecule has 0 aliphatic carbocycles. The van der Waals surface area contributed by atoms with Gasteiger partial charge in [0.15, 0.2) is 0 Å². The van der Waals surface area contributed by atoms with Crippen LogP contribution in [-0.4, -0.2) is 55.6 Å². The summed E-state index contributed by atoms with van der Waals surface area (Å²) in [5, 5.41) is 5.29. The van der Waals surface area contributed by atoms with Gasteiger partial charge in [-0.15, -0.1) is 0 Å². The number of rotatable bonds is 12. The van der Waals surface area contributed by atoms with Crippen molar-refractivity contribution in [3.63, 3.8) is 0 Å². The second-order valence-electron chi connectivity index (χ2n) is 9.11. The van der Waals surface area contributed by atoms with E-state index in [1.54, 1.807) is 30.3 Å². The molecule has 0 aromatic heterocycles. The van der Waals surface area contributed by atoms with Gasteiger partial charge in [0.05, 0.1) is 21.5 Å². The van der Waals surface area contributed by atoms with Crippen LogP contribution in [0.25, 0.3) is 10.8 Å². The van der Waals surface area contributed by atoms with Gasteiger partial charge in [0.1, 0.15) is 6.04 Å². The summed E-state index contributed by atoms with van der Waals surface area (Å²) in [7, 11) is -2.60. The molecule has 1 atom stereocenters. The Balaban J connectivity index is 1.88. The third-order valence-corrected chi connectivity index (χ3v) is 8.88. The SMILES string of the molecule is CCCCNC(=O)C(CC)N(Cc1ccc(Cl)c(Cl)c1)C(=O)CN(C)S(=O)(=O)c1ccc2ccccc2c1. The quantitative estimate of drug-likeness (QED) is 0.288. The second kappa shape index (κ2) is 13.4. The summed E-state index contributed by atoms with van der Waals surface area (Å²) in [6.07, 6.45) is 2.09. The summed E-state index contributed by atoms with van der Waals surface area (Å²) in [6, 6.07) is 16.5. The number of hydrogen-bond donors (Lipinski definition) is 1. The minimum Gasteiger partial charge on any atom is -0.354 e. The molecular weight excluding hydrogens is 545 g/mol. The Bertz CT molecular complexity index is 1400. The van der Waals surface area contributed by atoms with E-state index in [1.807, 2.05) is 38.1 Å². The van der Waals surface area contributed by atoms with Crippen molar-refractivity contribution >= 4 is 55.8 Å². The minimum absolute atomic E-state index is 0.0687. The Morgan fingerprint density at radius 2 is 1.66 bits per heavy atom. The van der Waals surface area contributed by atoms with Crippen LogP contribution in [0.4, 0.5) is 0 Å². The number of sulfonamides is 1. The first-order valence-electron chi connectivity index (χ1n) is 12.5. The number of nitrogens with zero attached hydrogens (tertiary/aromatic N) is 2. The monoisotopic (exact) mass is 577 g/mol. The maximum absolute atomic E-state index is 13.6. The standard InChI is InChI=1S/C28H33Cl2N3O4S/c1-4-6-15-31-28(35)26(5-2)33(18-20-11-14-24(29)25(30)16-20)27(34)19-32(3)38(36,37)23-13-12-21-9-7-8-10-22(21)17-23/h7-14,16-17,26H,4-6,15,18-19H2,1-3H3,(H,31,35). The Labute approximate surface area is 234 Å². The van der Waals surface area contributed by atoms with Crippen LogP contribution in [0.2, 0.25) is 10.0 Å². The molecular formula is C28H33Cl2N3O4S. The lowest BCUT2D eigenvalue weighted by atomic mass is 10.1. The fourth-order valence-electron chi connectivity index (χ4n) is 4.13. The molecule has 204 valence electrons. The first-order valence-corrected chi connectivity index (χ1v) is 14.7.